The summed E-state index contributed by atoms with van der Waals surface area (Å²) in [6.45, 7) is 2.17. The van der Waals surface area contributed by atoms with Crippen LogP contribution in [0.4, 0.5) is 0 Å². The van der Waals surface area contributed by atoms with Gasteiger partial charge in [0.05, 0.1) is 13.2 Å². The number of carbonyl (C=O) groups excluding carboxylic acids is 1. The highest BCUT2D eigenvalue weighted by Crippen LogP contribution is 2.33. The zero-order valence-electron chi connectivity index (χ0n) is 17.7. The molecule has 0 radical (unpaired) electrons. The fraction of sp³-hybridized carbons (Fsp3) is 0.292. The number of rotatable bonds is 8. The molecule has 1 amide bonds. The van der Waals surface area contributed by atoms with Crippen molar-refractivity contribution in [2.75, 3.05) is 32.8 Å². The second-order valence-electron chi connectivity index (χ2n) is 7.56. The first kappa shape index (κ1) is 22.7. The van der Waals surface area contributed by atoms with Crippen molar-refractivity contribution in [2.24, 2.45) is 0 Å². The van der Waals surface area contributed by atoms with Crippen LogP contribution in [0.15, 0.2) is 70.9 Å². The maximum atomic E-state index is 12.9. The SMILES string of the molecule is O=C(NCCCc1ccccc1)c1cccc(-c2ccc(S(=O)(=O)N3CCOCC3)s2)c1. The van der Waals surface area contributed by atoms with Gasteiger partial charge in [-0.3, -0.25) is 4.79 Å². The third kappa shape index (κ3) is 5.45. The Morgan fingerprint density at radius 1 is 1.00 bits per heavy atom. The van der Waals surface area contributed by atoms with Gasteiger partial charge in [-0.2, -0.15) is 4.31 Å². The summed E-state index contributed by atoms with van der Waals surface area (Å²) in [4.78, 5) is 13.4. The highest BCUT2D eigenvalue weighted by molar-refractivity contribution is 7.91. The van der Waals surface area contributed by atoms with E-state index in [2.05, 4.69) is 17.4 Å². The first-order valence-electron chi connectivity index (χ1n) is 10.6. The van der Waals surface area contributed by atoms with Gasteiger partial charge >= 0.3 is 0 Å². The number of sulfonamides is 1. The van der Waals surface area contributed by atoms with E-state index in [0.717, 1.165) is 23.3 Å². The van der Waals surface area contributed by atoms with E-state index in [4.69, 9.17) is 4.74 Å². The molecule has 1 aliphatic rings. The topological polar surface area (TPSA) is 75.7 Å². The Balaban J connectivity index is 1.39. The van der Waals surface area contributed by atoms with Crippen LogP contribution in [0.2, 0.25) is 0 Å². The molecule has 0 atom stereocenters. The minimum atomic E-state index is -3.52. The van der Waals surface area contributed by atoms with Gasteiger partial charge in [0.25, 0.3) is 15.9 Å². The van der Waals surface area contributed by atoms with Gasteiger partial charge in [0.2, 0.25) is 0 Å². The van der Waals surface area contributed by atoms with Gasteiger partial charge in [-0.15, -0.1) is 11.3 Å². The van der Waals surface area contributed by atoms with Crippen molar-refractivity contribution >= 4 is 27.3 Å². The van der Waals surface area contributed by atoms with Crippen molar-refractivity contribution < 1.29 is 17.9 Å². The Morgan fingerprint density at radius 3 is 2.56 bits per heavy atom. The zero-order chi connectivity index (χ0) is 22.4. The molecular weight excluding hydrogens is 444 g/mol. The fourth-order valence-corrected chi connectivity index (χ4v) is 6.45. The third-order valence-electron chi connectivity index (χ3n) is 5.33. The number of hydrogen-bond donors (Lipinski definition) is 1. The molecule has 2 heterocycles. The molecule has 1 N–H and O–H groups in total. The summed E-state index contributed by atoms with van der Waals surface area (Å²) in [5.41, 5.74) is 2.65. The van der Waals surface area contributed by atoms with E-state index in [1.54, 1.807) is 18.2 Å². The van der Waals surface area contributed by atoms with E-state index in [-0.39, 0.29) is 5.91 Å². The van der Waals surface area contributed by atoms with Gasteiger partial charge in [-0.25, -0.2) is 8.42 Å². The van der Waals surface area contributed by atoms with E-state index < -0.39 is 10.0 Å². The molecule has 0 bridgehead atoms. The summed E-state index contributed by atoms with van der Waals surface area (Å²) in [5, 5.41) is 2.97. The van der Waals surface area contributed by atoms with E-state index in [1.807, 2.05) is 36.4 Å². The van der Waals surface area contributed by atoms with Crippen molar-refractivity contribution in [2.45, 2.75) is 17.1 Å². The number of thiophene rings is 1. The number of benzene rings is 2. The summed E-state index contributed by atoms with van der Waals surface area (Å²) in [6, 6.07) is 20.9. The summed E-state index contributed by atoms with van der Waals surface area (Å²) in [7, 11) is -3.52. The van der Waals surface area contributed by atoms with Crippen LogP contribution in [0.3, 0.4) is 0 Å². The first-order chi connectivity index (χ1) is 15.5. The van der Waals surface area contributed by atoms with Gasteiger partial charge in [0, 0.05) is 30.1 Å². The number of amides is 1. The van der Waals surface area contributed by atoms with Crippen molar-refractivity contribution in [3.63, 3.8) is 0 Å². The van der Waals surface area contributed by atoms with Crippen molar-refractivity contribution in [3.8, 4) is 10.4 Å². The lowest BCUT2D eigenvalue weighted by molar-refractivity contribution is 0.0731. The van der Waals surface area contributed by atoms with Crippen LogP contribution in [-0.4, -0.2) is 51.5 Å². The first-order valence-corrected chi connectivity index (χ1v) is 12.9. The molecule has 2 aromatic carbocycles. The molecular formula is C24H26N2O4S2. The molecule has 168 valence electrons. The Kier molecular flexibility index (Phi) is 7.36. The Hall–Kier alpha value is -2.52. The molecule has 3 aromatic rings. The predicted molar refractivity (Wildman–Crippen MR) is 126 cm³/mol. The van der Waals surface area contributed by atoms with E-state index in [9.17, 15) is 13.2 Å². The van der Waals surface area contributed by atoms with Gasteiger partial charge in [-0.05, 0) is 48.2 Å². The monoisotopic (exact) mass is 470 g/mol. The Bertz CT molecular complexity index is 1150. The molecule has 0 saturated carbocycles. The molecule has 1 saturated heterocycles. The van der Waals surface area contributed by atoms with E-state index >= 15 is 0 Å². The number of nitrogens with one attached hydrogen (secondary N) is 1. The largest absolute Gasteiger partial charge is 0.379 e. The van der Waals surface area contributed by atoms with Gasteiger partial charge in [0.1, 0.15) is 4.21 Å². The molecule has 4 rings (SSSR count). The van der Waals surface area contributed by atoms with Crippen molar-refractivity contribution in [3.05, 3.63) is 77.9 Å². The highest BCUT2D eigenvalue weighted by atomic mass is 32.2. The minimum Gasteiger partial charge on any atom is -0.379 e. The molecule has 6 nitrogen and oxygen atoms in total. The van der Waals surface area contributed by atoms with Crippen LogP contribution in [0.25, 0.3) is 10.4 Å². The lowest BCUT2D eigenvalue weighted by Gasteiger charge is -2.25. The molecule has 0 aliphatic carbocycles. The number of hydrogen-bond acceptors (Lipinski definition) is 5. The predicted octanol–water partition coefficient (Wildman–Crippen LogP) is 3.80. The minimum absolute atomic E-state index is 0.127. The Morgan fingerprint density at radius 2 is 1.78 bits per heavy atom. The summed E-state index contributed by atoms with van der Waals surface area (Å²) < 4.78 is 32.8. The maximum absolute atomic E-state index is 12.9. The summed E-state index contributed by atoms with van der Waals surface area (Å²) in [5.74, 6) is -0.127. The number of ether oxygens (including phenoxy) is 1. The molecule has 32 heavy (non-hydrogen) atoms. The standard InChI is InChI=1S/C24H26N2O4S2/c27-24(25-13-5-8-19-6-2-1-3-7-19)21-10-4-9-20(18-21)22-11-12-23(31-22)32(28,29)26-14-16-30-17-15-26/h1-4,6-7,9-12,18H,5,8,13-17H2,(H,25,27). The average Bonchev–Trinajstić information content (AvgIpc) is 3.34. The Labute approximate surface area is 192 Å². The average molecular weight is 471 g/mol. The lowest BCUT2D eigenvalue weighted by Crippen LogP contribution is -2.40. The highest BCUT2D eigenvalue weighted by Gasteiger charge is 2.27. The van der Waals surface area contributed by atoms with E-state index in [0.29, 0.717) is 42.6 Å². The maximum Gasteiger partial charge on any atom is 0.252 e. The van der Waals surface area contributed by atoms with Crippen molar-refractivity contribution in [1.82, 2.24) is 9.62 Å². The smallest absolute Gasteiger partial charge is 0.252 e. The second kappa shape index (κ2) is 10.4. The molecule has 1 aromatic heterocycles. The molecule has 1 fully saturated rings. The van der Waals surface area contributed by atoms with Gasteiger partial charge in [-0.1, -0.05) is 42.5 Å². The number of aryl methyl sites for hydroxylation is 1. The van der Waals surface area contributed by atoms with Gasteiger partial charge in [0.15, 0.2) is 0 Å². The number of nitrogens with zero attached hydrogens (tertiary/aromatic N) is 1. The fourth-order valence-electron chi connectivity index (χ4n) is 3.58. The zero-order valence-corrected chi connectivity index (χ0v) is 19.3. The van der Waals surface area contributed by atoms with Crippen LogP contribution in [0, 0.1) is 0 Å². The summed E-state index contributed by atoms with van der Waals surface area (Å²) in [6.07, 6.45) is 1.78. The molecule has 1 aliphatic heterocycles. The molecule has 8 heteroatoms. The van der Waals surface area contributed by atoms with Gasteiger partial charge < -0.3 is 10.1 Å². The second-order valence-corrected chi connectivity index (χ2v) is 10.8. The van der Waals surface area contributed by atoms with Crippen LogP contribution in [0.1, 0.15) is 22.3 Å². The number of morpholine rings is 1. The normalized spacial score (nSPS) is 14.9. The number of carbonyl (C=O) groups is 1. The lowest BCUT2D eigenvalue weighted by atomic mass is 10.1. The van der Waals surface area contributed by atoms with E-state index in [1.165, 1.54) is 21.2 Å². The van der Waals surface area contributed by atoms with Crippen LogP contribution in [0.5, 0.6) is 0 Å². The van der Waals surface area contributed by atoms with Crippen LogP contribution >= 0.6 is 11.3 Å². The van der Waals surface area contributed by atoms with Crippen LogP contribution in [-0.2, 0) is 21.2 Å². The quantitative estimate of drug-likeness (QED) is 0.508. The van der Waals surface area contributed by atoms with Crippen LogP contribution < -0.4 is 5.32 Å². The molecule has 0 unspecified atom stereocenters. The third-order valence-corrected chi connectivity index (χ3v) is 8.83. The molecule has 0 spiro atoms. The van der Waals surface area contributed by atoms with Crippen molar-refractivity contribution in [1.29, 1.82) is 0 Å². The summed E-state index contributed by atoms with van der Waals surface area (Å²) >= 11 is 1.22.